The molecule has 2 aliphatic rings. The number of rotatable bonds is 4. The van der Waals surface area contributed by atoms with Crippen molar-refractivity contribution in [2.75, 3.05) is 0 Å². The lowest BCUT2D eigenvalue weighted by Crippen LogP contribution is -2.39. The van der Waals surface area contributed by atoms with Crippen LogP contribution < -0.4 is 5.32 Å². The number of nitriles is 1. The van der Waals surface area contributed by atoms with Gasteiger partial charge in [-0.15, -0.1) is 0 Å². The zero-order valence-electron chi connectivity index (χ0n) is 12.5. The van der Waals surface area contributed by atoms with Crippen molar-refractivity contribution in [3.63, 3.8) is 0 Å². The average Bonchev–Trinajstić information content (AvgIpc) is 3.11. The molecule has 1 amide bonds. The highest BCUT2D eigenvalue weighted by Gasteiger charge is 2.47. The molecular formula is C16H17ClN2O3S. The summed E-state index contributed by atoms with van der Waals surface area (Å²) in [7, 11) is -3.55. The van der Waals surface area contributed by atoms with E-state index >= 15 is 0 Å². The molecule has 0 heterocycles. The van der Waals surface area contributed by atoms with E-state index in [2.05, 4.69) is 11.4 Å². The molecule has 5 nitrogen and oxygen atoms in total. The number of carbonyl (C=O) groups is 1. The third-order valence-corrected chi connectivity index (χ3v) is 7.38. The van der Waals surface area contributed by atoms with Crippen LogP contribution in [0.2, 0.25) is 5.02 Å². The molecule has 0 spiro atoms. The first-order valence-corrected chi connectivity index (χ1v) is 9.52. The van der Waals surface area contributed by atoms with Crippen LogP contribution >= 0.6 is 11.6 Å². The Labute approximate surface area is 140 Å². The molecule has 0 radical (unpaired) electrons. The highest BCUT2D eigenvalue weighted by Crippen LogP contribution is 2.38. The Kier molecular flexibility index (Phi) is 4.11. The summed E-state index contributed by atoms with van der Waals surface area (Å²) >= 11 is 6.01. The quantitative estimate of drug-likeness (QED) is 0.901. The predicted molar refractivity (Wildman–Crippen MR) is 85.5 cm³/mol. The second kappa shape index (κ2) is 5.81. The molecule has 3 rings (SSSR count). The molecule has 2 aliphatic carbocycles. The van der Waals surface area contributed by atoms with E-state index in [0.29, 0.717) is 25.7 Å². The minimum absolute atomic E-state index is 0.128. The van der Waals surface area contributed by atoms with Crippen LogP contribution in [0.15, 0.2) is 29.2 Å². The fourth-order valence-corrected chi connectivity index (χ4v) is 5.40. The van der Waals surface area contributed by atoms with Crippen LogP contribution in [0.5, 0.6) is 0 Å². The van der Waals surface area contributed by atoms with E-state index in [1.165, 1.54) is 6.07 Å². The van der Waals surface area contributed by atoms with Gasteiger partial charge in [-0.05, 0) is 44.2 Å². The standard InChI is InChI=1S/C16H17ClN2O3S/c17-13-3-1-2-4-14(13)23(21,22)12-6-5-11(9-12)15(20)19-16(10-18)7-8-16/h1-4,11-12H,5-9H2,(H,19,20)/t11-,12-/m1/s1. The van der Waals surface area contributed by atoms with Gasteiger partial charge in [-0.25, -0.2) is 8.42 Å². The van der Waals surface area contributed by atoms with Crippen molar-refractivity contribution >= 4 is 27.3 Å². The first-order valence-electron chi connectivity index (χ1n) is 7.60. The molecule has 0 bridgehead atoms. The van der Waals surface area contributed by atoms with E-state index in [-0.39, 0.29) is 28.2 Å². The number of benzene rings is 1. The minimum Gasteiger partial charge on any atom is -0.338 e. The summed E-state index contributed by atoms with van der Waals surface area (Å²) in [5.41, 5.74) is -0.712. The maximum atomic E-state index is 12.7. The van der Waals surface area contributed by atoms with Gasteiger partial charge in [0, 0.05) is 5.92 Å². The zero-order chi connectivity index (χ0) is 16.7. The third-order valence-electron chi connectivity index (χ3n) is 4.66. The first-order chi connectivity index (χ1) is 10.9. The second-order valence-corrected chi connectivity index (χ2v) is 8.89. The lowest BCUT2D eigenvalue weighted by Gasteiger charge is -2.15. The number of hydrogen-bond donors (Lipinski definition) is 1. The van der Waals surface area contributed by atoms with Gasteiger partial charge in [0.2, 0.25) is 5.91 Å². The van der Waals surface area contributed by atoms with Crippen LogP contribution in [0.1, 0.15) is 32.1 Å². The van der Waals surface area contributed by atoms with Gasteiger partial charge in [-0.2, -0.15) is 5.26 Å². The molecule has 0 unspecified atom stereocenters. The summed E-state index contributed by atoms with van der Waals surface area (Å²) in [6.45, 7) is 0. The molecule has 2 atom stereocenters. The summed E-state index contributed by atoms with van der Waals surface area (Å²) in [6.07, 6.45) is 2.57. The SMILES string of the molecule is N#CC1(NC(=O)[C@@H]2CC[C@@H](S(=O)(=O)c3ccccc3Cl)C2)CC1. The van der Waals surface area contributed by atoms with Crippen molar-refractivity contribution < 1.29 is 13.2 Å². The molecular weight excluding hydrogens is 336 g/mol. The monoisotopic (exact) mass is 352 g/mol. The number of carbonyl (C=O) groups excluding carboxylic acids is 1. The maximum Gasteiger partial charge on any atom is 0.224 e. The van der Waals surface area contributed by atoms with Crippen LogP contribution in [0.4, 0.5) is 0 Å². The minimum atomic E-state index is -3.55. The number of nitrogens with zero attached hydrogens (tertiary/aromatic N) is 1. The number of halogens is 1. The summed E-state index contributed by atoms with van der Waals surface area (Å²) in [5.74, 6) is -0.566. The lowest BCUT2D eigenvalue weighted by atomic mass is 10.1. The van der Waals surface area contributed by atoms with Gasteiger partial charge in [0.05, 0.1) is 21.2 Å². The topological polar surface area (TPSA) is 87.0 Å². The molecule has 1 aromatic carbocycles. The van der Waals surface area contributed by atoms with Crippen molar-refractivity contribution in [3.8, 4) is 6.07 Å². The molecule has 1 aromatic rings. The Morgan fingerprint density at radius 1 is 1.30 bits per heavy atom. The van der Waals surface area contributed by atoms with Crippen molar-refractivity contribution in [1.29, 1.82) is 5.26 Å². The molecule has 23 heavy (non-hydrogen) atoms. The van der Waals surface area contributed by atoms with E-state index in [9.17, 15) is 13.2 Å². The number of sulfone groups is 1. The van der Waals surface area contributed by atoms with Crippen molar-refractivity contribution in [2.45, 2.75) is 47.8 Å². The van der Waals surface area contributed by atoms with Gasteiger partial charge >= 0.3 is 0 Å². The van der Waals surface area contributed by atoms with E-state index in [0.717, 1.165) is 0 Å². The van der Waals surface area contributed by atoms with Gasteiger partial charge < -0.3 is 5.32 Å². The summed E-state index contributed by atoms with van der Waals surface area (Å²) in [6, 6.07) is 8.49. The van der Waals surface area contributed by atoms with E-state index in [1.807, 2.05) is 0 Å². The third kappa shape index (κ3) is 3.08. The number of nitrogens with one attached hydrogen (secondary N) is 1. The van der Waals surface area contributed by atoms with Crippen LogP contribution in [0.3, 0.4) is 0 Å². The fourth-order valence-electron chi connectivity index (χ4n) is 3.04. The molecule has 2 saturated carbocycles. The number of hydrogen-bond acceptors (Lipinski definition) is 4. The fraction of sp³-hybridized carbons (Fsp3) is 0.500. The molecule has 122 valence electrons. The lowest BCUT2D eigenvalue weighted by molar-refractivity contribution is -0.125. The highest BCUT2D eigenvalue weighted by molar-refractivity contribution is 7.92. The summed E-state index contributed by atoms with van der Waals surface area (Å²) in [5, 5.41) is 11.4. The first kappa shape index (κ1) is 16.3. The zero-order valence-corrected chi connectivity index (χ0v) is 14.0. The highest BCUT2D eigenvalue weighted by atomic mass is 35.5. The van der Waals surface area contributed by atoms with E-state index in [4.69, 9.17) is 16.9 Å². The van der Waals surface area contributed by atoms with Crippen molar-refractivity contribution in [2.24, 2.45) is 5.92 Å². The van der Waals surface area contributed by atoms with Gasteiger partial charge in [0.1, 0.15) is 5.54 Å². The van der Waals surface area contributed by atoms with Crippen molar-refractivity contribution in [1.82, 2.24) is 5.32 Å². The molecule has 0 saturated heterocycles. The number of amides is 1. The smallest absolute Gasteiger partial charge is 0.224 e. The van der Waals surface area contributed by atoms with Crippen LogP contribution in [0.25, 0.3) is 0 Å². The average molecular weight is 353 g/mol. The van der Waals surface area contributed by atoms with E-state index in [1.54, 1.807) is 18.2 Å². The normalized spacial score (nSPS) is 25.6. The van der Waals surface area contributed by atoms with Gasteiger partial charge in [0.15, 0.2) is 9.84 Å². The molecule has 1 N–H and O–H groups in total. The van der Waals surface area contributed by atoms with Gasteiger partial charge in [-0.3, -0.25) is 4.79 Å². The Balaban J connectivity index is 1.71. The Bertz CT molecular complexity index is 781. The van der Waals surface area contributed by atoms with Crippen molar-refractivity contribution in [3.05, 3.63) is 29.3 Å². The molecule has 7 heteroatoms. The Hall–Kier alpha value is -1.58. The largest absolute Gasteiger partial charge is 0.338 e. The Morgan fingerprint density at radius 3 is 2.61 bits per heavy atom. The van der Waals surface area contributed by atoms with Crippen LogP contribution in [-0.2, 0) is 14.6 Å². The van der Waals surface area contributed by atoms with Gasteiger partial charge in [-0.1, -0.05) is 23.7 Å². The predicted octanol–water partition coefficient (Wildman–Crippen LogP) is 2.45. The molecule has 2 fully saturated rings. The second-order valence-electron chi connectivity index (χ2n) is 6.29. The summed E-state index contributed by atoms with van der Waals surface area (Å²) in [4.78, 5) is 12.4. The molecule has 0 aliphatic heterocycles. The van der Waals surface area contributed by atoms with E-state index < -0.39 is 20.6 Å². The Morgan fingerprint density at radius 2 is 2.00 bits per heavy atom. The summed E-state index contributed by atoms with van der Waals surface area (Å²) < 4.78 is 25.4. The molecule has 0 aromatic heterocycles. The van der Waals surface area contributed by atoms with Crippen LogP contribution in [0, 0.1) is 17.2 Å². The maximum absolute atomic E-state index is 12.7. The van der Waals surface area contributed by atoms with Crippen LogP contribution in [-0.4, -0.2) is 25.1 Å². The van der Waals surface area contributed by atoms with Gasteiger partial charge in [0.25, 0.3) is 0 Å².